The number of hydrogen-bond acceptors (Lipinski definition) is 6. The summed E-state index contributed by atoms with van der Waals surface area (Å²) in [6.07, 6.45) is 3.45. The highest BCUT2D eigenvalue weighted by Gasteiger charge is 2.20. The molecule has 1 fully saturated rings. The molecule has 7 nitrogen and oxygen atoms in total. The monoisotopic (exact) mass is 295 g/mol. The maximum absolute atomic E-state index is 11.2. The van der Waals surface area contributed by atoms with Crippen molar-refractivity contribution in [3.05, 3.63) is 22.2 Å². The second-order valence-corrected chi connectivity index (χ2v) is 5.01. The number of piperidine rings is 1. The first-order valence-corrected chi connectivity index (χ1v) is 7.03. The third kappa shape index (κ3) is 3.75. The number of benzene rings is 1. The summed E-state index contributed by atoms with van der Waals surface area (Å²) in [7, 11) is 2.97. The molecule has 116 valence electrons. The van der Waals surface area contributed by atoms with Gasteiger partial charge in [0, 0.05) is 18.7 Å². The van der Waals surface area contributed by atoms with Crippen molar-refractivity contribution in [1.82, 2.24) is 5.32 Å². The molecule has 0 aliphatic carbocycles. The zero-order chi connectivity index (χ0) is 15.2. The van der Waals surface area contributed by atoms with Gasteiger partial charge in [-0.2, -0.15) is 0 Å². The maximum Gasteiger partial charge on any atom is 0.296 e. The highest BCUT2D eigenvalue weighted by atomic mass is 16.6. The summed E-state index contributed by atoms with van der Waals surface area (Å²) in [4.78, 5) is 10.8. The summed E-state index contributed by atoms with van der Waals surface area (Å²) < 4.78 is 10.3. The standard InChI is InChI=1S/C14H21N3O4/c1-20-13-7-11(12(17(18)19)8-14(13)21-2)16-9-10-5-3-4-6-15-10/h7-8,10,15-16H,3-6,9H2,1-2H3. The molecule has 0 bridgehead atoms. The van der Waals surface area contributed by atoms with Gasteiger partial charge in [-0.15, -0.1) is 0 Å². The van der Waals surface area contributed by atoms with Crippen LogP contribution in [0.25, 0.3) is 0 Å². The molecule has 1 aromatic rings. The molecule has 0 aromatic heterocycles. The van der Waals surface area contributed by atoms with Crippen molar-refractivity contribution in [1.29, 1.82) is 0 Å². The van der Waals surface area contributed by atoms with Gasteiger partial charge in [0.05, 0.1) is 25.2 Å². The highest BCUT2D eigenvalue weighted by molar-refractivity contribution is 5.68. The van der Waals surface area contributed by atoms with Gasteiger partial charge in [-0.05, 0) is 19.4 Å². The van der Waals surface area contributed by atoms with E-state index < -0.39 is 4.92 Å². The number of nitrogens with zero attached hydrogens (tertiary/aromatic N) is 1. The van der Waals surface area contributed by atoms with Crippen LogP contribution in [-0.4, -0.2) is 38.3 Å². The van der Waals surface area contributed by atoms with E-state index in [1.807, 2.05) is 0 Å². The minimum Gasteiger partial charge on any atom is -0.493 e. The molecule has 1 heterocycles. The number of nitro benzene ring substituents is 1. The van der Waals surface area contributed by atoms with Gasteiger partial charge < -0.3 is 20.1 Å². The van der Waals surface area contributed by atoms with Crippen LogP contribution in [0.3, 0.4) is 0 Å². The van der Waals surface area contributed by atoms with Crippen LogP contribution in [0.15, 0.2) is 12.1 Å². The molecule has 21 heavy (non-hydrogen) atoms. The minimum atomic E-state index is -0.418. The Balaban J connectivity index is 2.17. The summed E-state index contributed by atoms with van der Waals surface area (Å²) in [6.45, 7) is 1.65. The van der Waals surface area contributed by atoms with Gasteiger partial charge in [-0.1, -0.05) is 6.42 Å². The Kier molecular flexibility index (Phi) is 5.21. The van der Waals surface area contributed by atoms with Crippen molar-refractivity contribution >= 4 is 11.4 Å². The number of nitrogens with one attached hydrogen (secondary N) is 2. The Hall–Kier alpha value is -2.02. The largest absolute Gasteiger partial charge is 0.493 e. The number of rotatable bonds is 6. The van der Waals surface area contributed by atoms with Gasteiger partial charge in [-0.3, -0.25) is 10.1 Å². The van der Waals surface area contributed by atoms with E-state index in [1.165, 1.54) is 33.1 Å². The number of anilines is 1. The Morgan fingerprint density at radius 2 is 2.05 bits per heavy atom. The van der Waals surface area contributed by atoms with Crippen molar-refractivity contribution in [3.63, 3.8) is 0 Å². The molecule has 2 rings (SSSR count). The number of hydrogen-bond donors (Lipinski definition) is 2. The van der Waals surface area contributed by atoms with Gasteiger partial charge >= 0.3 is 0 Å². The molecular weight excluding hydrogens is 274 g/mol. The predicted octanol–water partition coefficient (Wildman–Crippen LogP) is 2.17. The van der Waals surface area contributed by atoms with Crippen LogP contribution in [0.4, 0.5) is 11.4 Å². The lowest BCUT2D eigenvalue weighted by Gasteiger charge is -2.24. The zero-order valence-corrected chi connectivity index (χ0v) is 12.3. The highest BCUT2D eigenvalue weighted by Crippen LogP contribution is 2.37. The third-order valence-electron chi connectivity index (χ3n) is 3.65. The van der Waals surface area contributed by atoms with E-state index in [0.717, 1.165) is 13.0 Å². The Morgan fingerprint density at radius 3 is 2.62 bits per heavy atom. The fraction of sp³-hybridized carbons (Fsp3) is 0.571. The third-order valence-corrected chi connectivity index (χ3v) is 3.65. The molecule has 1 aromatic carbocycles. The lowest BCUT2D eigenvalue weighted by molar-refractivity contribution is -0.384. The van der Waals surface area contributed by atoms with Gasteiger partial charge in [0.25, 0.3) is 5.69 Å². The maximum atomic E-state index is 11.2. The quantitative estimate of drug-likeness (QED) is 0.618. The molecule has 1 unspecified atom stereocenters. The molecule has 0 spiro atoms. The second kappa shape index (κ2) is 7.12. The molecule has 7 heteroatoms. The van der Waals surface area contributed by atoms with Crippen LogP contribution < -0.4 is 20.1 Å². The normalized spacial score (nSPS) is 18.1. The molecule has 0 amide bonds. The topological polar surface area (TPSA) is 85.7 Å². The summed E-state index contributed by atoms with van der Waals surface area (Å²) in [5, 5.41) is 17.7. The van der Waals surface area contributed by atoms with Gasteiger partial charge in [-0.25, -0.2) is 0 Å². The molecule has 1 aliphatic heterocycles. The van der Waals surface area contributed by atoms with E-state index in [1.54, 1.807) is 6.07 Å². The molecule has 1 atom stereocenters. The van der Waals surface area contributed by atoms with Crippen molar-refractivity contribution in [2.75, 3.05) is 32.6 Å². The molecule has 0 radical (unpaired) electrons. The Labute approximate surface area is 123 Å². The lowest BCUT2D eigenvalue weighted by atomic mass is 10.0. The average molecular weight is 295 g/mol. The number of ether oxygens (including phenoxy) is 2. The van der Waals surface area contributed by atoms with Gasteiger partial charge in [0.15, 0.2) is 11.5 Å². The van der Waals surface area contributed by atoms with Gasteiger partial charge in [0.2, 0.25) is 0 Å². The Morgan fingerprint density at radius 1 is 1.33 bits per heavy atom. The molecule has 1 aliphatic rings. The molecule has 1 saturated heterocycles. The SMILES string of the molecule is COc1cc(NCC2CCCCN2)c([N+](=O)[O-])cc1OC. The van der Waals surface area contributed by atoms with E-state index in [9.17, 15) is 10.1 Å². The van der Waals surface area contributed by atoms with Crippen molar-refractivity contribution in [2.24, 2.45) is 0 Å². The first kappa shape index (κ1) is 15.4. The van der Waals surface area contributed by atoms with Crippen molar-refractivity contribution < 1.29 is 14.4 Å². The van der Waals surface area contributed by atoms with Crippen LogP contribution in [-0.2, 0) is 0 Å². The van der Waals surface area contributed by atoms with E-state index in [0.29, 0.717) is 29.8 Å². The average Bonchev–Trinajstić information content (AvgIpc) is 2.52. The van der Waals surface area contributed by atoms with Crippen molar-refractivity contribution in [2.45, 2.75) is 25.3 Å². The first-order chi connectivity index (χ1) is 10.2. The van der Waals surface area contributed by atoms with Crippen LogP contribution in [0.2, 0.25) is 0 Å². The zero-order valence-electron chi connectivity index (χ0n) is 12.3. The van der Waals surface area contributed by atoms with Crippen LogP contribution >= 0.6 is 0 Å². The van der Waals surface area contributed by atoms with Crippen LogP contribution in [0.1, 0.15) is 19.3 Å². The predicted molar refractivity (Wildman–Crippen MR) is 80.3 cm³/mol. The summed E-state index contributed by atoms with van der Waals surface area (Å²) in [6, 6.07) is 3.33. The smallest absolute Gasteiger partial charge is 0.296 e. The fourth-order valence-electron chi connectivity index (χ4n) is 2.49. The fourth-order valence-corrected chi connectivity index (χ4v) is 2.49. The number of nitro groups is 1. The van der Waals surface area contributed by atoms with E-state index in [2.05, 4.69) is 10.6 Å². The summed E-state index contributed by atoms with van der Waals surface area (Å²) >= 11 is 0. The van der Waals surface area contributed by atoms with E-state index in [-0.39, 0.29) is 5.69 Å². The van der Waals surface area contributed by atoms with E-state index >= 15 is 0 Å². The van der Waals surface area contributed by atoms with Crippen molar-refractivity contribution in [3.8, 4) is 11.5 Å². The van der Waals surface area contributed by atoms with E-state index in [4.69, 9.17) is 9.47 Å². The molecular formula is C14H21N3O4. The second-order valence-electron chi connectivity index (χ2n) is 5.01. The lowest BCUT2D eigenvalue weighted by Crippen LogP contribution is -2.39. The minimum absolute atomic E-state index is 0.0107. The summed E-state index contributed by atoms with van der Waals surface area (Å²) in [5.41, 5.74) is 0.438. The first-order valence-electron chi connectivity index (χ1n) is 7.03. The molecule has 2 N–H and O–H groups in total. The molecule has 0 saturated carbocycles. The van der Waals surface area contributed by atoms with Gasteiger partial charge in [0.1, 0.15) is 5.69 Å². The Bertz CT molecular complexity index is 501. The van der Waals surface area contributed by atoms with Crippen LogP contribution in [0.5, 0.6) is 11.5 Å². The number of methoxy groups -OCH3 is 2. The van der Waals surface area contributed by atoms with Crippen LogP contribution in [0, 0.1) is 10.1 Å². The summed E-state index contributed by atoms with van der Waals surface area (Å²) in [5.74, 6) is 0.827.